The fourth-order valence-corrected chi connectivity index (χ4v) is 2.85. The molecule has 3 amide bonds. The maximum Gasteiger partial charge on any atom is 0.246 e. The summed E-state index contributed by atoms with van der Waals surface area (Å²) in [4.78, 5) is 36.6. The Morgan fingerprint density at radius 3 is 2.53 bits per heavy atom. The minimum absolute atomic E-state index is 0.00842. The molecule has 1 aliphatic carbocycles. The summed E-state index contributed by atoms with van der Waals surface area (Å²) in [5.41, 5.74) is 0. The second-order valence-electron chi connectivity index (χ2n) is 5.79. The second kappa shape index (κ2) is 6.17. The molecule has 2 rings (SSSR count). The predicted octanol–water partition coefficient (Wildman–Crippen LogP) is 1.08. The van der Waals surface area contributed by atoms with Crippen LogP contribution in [0.2, 0.25) is 0 Å². The summed E-state index contributed by atoms with van der Waals surface area (Å²) < 4.78 is 0. The zero-order valence-corrected chi connectivity index (χ0v) is 11.5. The van der Waals surface area contributed by atoms with E-state index in [0.717, 1.165) is 32.1 Å². The number of amides is 3. The number of carbonyl (C=O) groups is 3. The lowest BCUT2D eigenvalue weighted by Crippen LogP contribution is -2.43. The number of hydrogen-bond acceptors (Lipinski definition) is 3. The van der Waals surface area contributed by atoms with Gasteiger partial charge in [0.2, 0.25) is 17.7 Å². The molecule has 1 aliphatic heterocycles. The van der Waals surface area contributed by atoms with Crippen molar-refractivity contribution in [2.75, 3.05) is 13.1 Å². The standard InChI is InChI=1S/C14H22N2O3/c1-10-4-6-11(7-5-10)14(19)15-12(17)9-16-8-2-3-13(16)18/h10-11H,2-9H2,1H3,(H,15,17,19). The number of nitrogens with zero attached hydrogens (tertiary/aromatic N) is 1. The highest BCUT2D eigenvalue weighted by Gasteiger charge is 2.27. The number of nitrogens with one attached hydrogen (secondary N) is 1. The van der Waals surface area contributed by atoms with E-state index in [1.807, 2.05) is 0 Å². The van der Waals surface area contributed by atoms with Gasteiger partial charge in [0.05, 0.1) is 6.54 Å². The molecule has 0 spiro atoms. The van der Waals surface area contributed by atoms with Crippen molar-refractivity contribution < 1.29 is 14.4 Å². The first-order valence-electron chi connectivity index (χ1n) is 7.17. The lowest BCUT2D eigenvalue weighted by molar-refractivity contribution is -0.137. The summed E-state index contributed by atoms with van der Waals surface area (Å²) in [6.07, 6.45) is 5.15. The van der Waals surface area contributed by atoms with Crippen LogP contribution in [0.1, 0.15) is 45.4 Å². The van der Waals surface area contributed by atoms with Crippen LogP contribution in [0, 0.1) is 11.8 Å². The van der Waals surface area contributed by atoms with Crippen LogP contribution in [0.15, 0.2) is 0 Å². The van der Waals surface area contributed by atoms with Crippen LogP contribution in [-0.2, 0) is 14.4 Å². The minimum Gasteiger partial charge on any atom is -0.333 e. The third kappa shape index (κ3) is 3.78. The summed E-state index contributed by atoms with van der Waals surface area (Å²) in [7, 11) is 0. The van der Waals surface area contributed by atoms with Crippen LogP contribution in [0.25, 0.3) is 0 Å². The van der Waals surface area contributed by atoms with Crippen LogP contribution < -0.4 is 5.32 Å². The summed E-state index contributed by atoms with van der Waals surface area (Å²) >= 11 is 0. The molecule has 0 atom stereocenters. The van der Waals surface area contributed by atoms with E-state index in [-0.39, 0.29) is 30.2 Å². The maximum atomic E-state index is 11.9. The third-order valence-electron chi connectivity index (χ3n) is 4.16. The average Bonchev–Trinajstić information content (AvgIpc) is 2.75. The van der Waals surface area contributed by atoms with E-state index in [9.17, 15) is 14.4 Å². The minimum atomic E-state index is -0.348. The Kier molecular flexibility index (Phi) is 4.56. The zero-order chi connectivity index (χ0) is 13.8. The largest absolute Gasteiger partial charge is 0.333 e. The summed E-state index contributed by atoms with van der Waals surface area (Å²) in [5.74, 6) is 0.146. The normalized spacial score (nSPS) is 27.4. The lowest BCUT2D eigenvalue weighted by Gasteiger charge is -2.25. The van der Waals surface area contributed by atoms with Gasteiger partial charge in [0.25, 0.3) is 0 Å². The first kappa shape index (κ1) is 14.0. The van der Waals surface area contributed by atoms with Gasteiger partial charge in [-0.15, -0.1) is 0 Å². The fraction of sp³-hybridized carbons (Fsp3) is 0.786. The molecule has 2 aliphatic rings. The van der Waals surface area contributed by atoms with Gasteiger partial charge in [-0.3, -0.25) is 19.7 Å². The highest BCUT2D eigenvalue weighted by Crippen LogP contribution is 2.28. The van der Waals surface area contributed by atoms with Gasteiger partial charge in [-0.25, -0.2) is 0 Å². The van der Waals surface area contributed by atoms with Crippen molar-refractivity contribution in [2.45, 2.75) is 45.4 Å². The van der Waals surface area contributed by atoms with Crippen LogP contribution >= 0.6 is 0 Å². The summed E-state index contributed by atoms with van der Waals surface area (Å²) in [6.45, 7) is 2.84. The van der Waals surface area contributed by atoms with Gasteiger partial charge in [0, 0.05) is 18.9 Å². The first-order valence-corrected chi connectivity index (χ1v) is 7.17. The lowest BCUT2D eigenvalue weighted by atomic mass is 9.82. The molecule has 0 radical (unpaired) electrons. The molecule has 1 heterocycles. The Bertz CT molecular complexity index is 373. The van der Waals surface area contributed by atoms with Gasteiger partial charge in [0.1, 0.15) is 0 Å². The van der Waals surface area contributed by atoms with Crippen molar-refractivity contribution in [2.24, 2.45) is 11.8 Å². The fourth-order valence-electron chi connectivity index (χ4n) is 2.85. The molecule has 5 nitrogen and oxygen atoms in total. The van der Waals surface area contributed by atoms with Gasteiger partial charge in [-0.1, -0.05) is 6.92 Å². The third-order valence-corrected chi connectivity index (χ3v) is 4.16. The van der Waals surface area contributed by atoms with E-state index < -0.39 is 0 Å². The maximum absolute atomic E-state index is 11.9. The van der Waals surface area contributed by atoms with Crippen LogP contribution in [0.3, 0.4) is 0 Å². The first-order chi connectivity index (χ1) is 9.06. The smallest absolute Gasteiger partial charge is 0.246 e. The number of imide groups is 1. The number of rotatable bonds is 3. The van der Waals surface area contributed by atoms with Crippen molar-refractivity contribution in [3.8, 4) is 0 Å². The molecule has 106 valence electrons. The number of likely N-dealkylation sites (tertiary alicyclic amines) is 1. The molecule has 0 aromatic carbocycles. The Morgan fingerprint density at radius 2 is 1.95 bits per heavy atom. The van der Waals surface area contributed by atoms with Crippen molar-refractivity contribution in [3.05, 3.63) is 0 Å². The molecule has 0 aromatic rings. The Hall–Kier alpha value is -1.39. The van der Waals surface area contributed by atoms with E-state index in [0.29, 0.717) is 18.9 Å². The topological polar surface area (TPSA) is 66.5 Å². The van der Waals surface area contributed by atoms with Crippen molar-refractivity contribution in [3.63, 3.8) is 0 Å². The number of carbonyl (C=O) groups excluding carboxylic acids is 3. The van der Waals surface area contributed by atoms with E-state index in [4.69, 9.17) is 0 Å². The van der Waals surface area contributed by atoms with Crippen LogP contribution in [-0.4, -0.2) is 35.7 Å². The zero-order valence-electron chi connectivity index (χ0n) is 11.5. The molecule has 0 bridgehead atoms. The van der Waals surface area contributed by atoms with Gasteiger partial charge < -0.3 is 4.90 Å². The van der Waals surface area contributed by atoms with Crippen molar-refractivity contribution in [1.82, 2.24) is 10.2 Å². The predicted molar refractivity (Wildman–Crippen MR) is 70.1 cm³/mol. The van der Waals surface area contributed by atoms with Gasteiger partial charge in [-0.05, 0) is 38.0 Å². The molecule has 0 aromatic heterocycles. The quantitative estimate of drug-likeness (QED) is 0.831. The number of hydrogen-bond donors (Lipinski definition) is 1. The molecule has 0 unspecified atom stereocenters. The van der Waals surface area contributed by atoms with E-state index in [1.165, 1.54) is 4.90 Å². The Labute approximate surface area is 113 Å². The SMILES string of the molecule is CC1CCC(C(=O)NC(=O)CN2CCCC2=O)CC1. The molecular weight excluding hydrogens is 244 g/mol. The molecule has 19 heavy (non-hydrogen) atoms. The van der Waals surface area contributed by atoms with E-state index in [2.05, 4.69) is 12.2 Å². The molecule has 5 heteroatoms. The highest BCUT2D eigenvalue weighted by molar-refractivity contribution is 5.98. The monoisotopic (exact) mass is 266 g/mol. The average molecular weight is 266 g/mol. The Balaban J connectivity index is 1.75. The second-order valence-corrected chi connectivity index (χ2v) is 5.79. The van der Waals surface area contributed by atoms with E-state index >= 15 is 0 Å². The van der Waals surface area contributed by atoms with Gasteiger partial charge >= 0.3 is 0 Å². The van der Waals surface area contributed by atoms with Crippen LogP contribution in [0.4, 0.5) is 0 Å². The highest BCUT2D eigenvalue weighted by atomic mass is 16.2. The molecule has 2 fully saturated rings. The molecule has 1 saturated carbocycles. The van der Waals surface area contributed by atoms with E-state index in [1.54, 1.807) is 0 Å². The van der Waals surface area contributed by atoms with Gasteiger partial charge in [0.15, 0.2) is 0 Å². The van der Waals surface area contributed by atoms with Gasteiger partial charge in [-0.2, -0.15) is 0 Å². The molecule has 1 N–H and O–H groups in total. The Morgan fingerprint density at radius 1 is 1.26 bits per heavy atom. The molecular formula is C14H22N2O3. The van der Waals surface area contributed by atoms with Crippen LogP contribution in [0.5, 0.6) is 0 Å². The summed E-state index contributed by atoms with van der Waals surface area (Å²) in [5, 5.41) is 2.44. The molecule has 1 saturated heterocycles. The van der Waals surface area contributed by atoms with Crippen molar-refractivity contribution in [1.29, 1.82) is 0 Å². The van der Waals surface area contributed by atoms with Crippen molar-refractivity contribution >= 4 is 17.7 Å². The summed E-state index contributed by atoms with van der Waals surface area (Å²) in [6, 6.07) is 0.